The average Bonchev–Trinajstić information content (AvgIpc) is 3.75. The van der Waals surface area contributed by atoms with Gasteiger partial charge >= 0.3 is 11.9 Å². The summed E-state index contributed by atoms with van der Waals surface area (Å²) in [6, 6.07) is 2.39. The van der Waals surface area contributed by atoms with Crippen molar-refractivity contribution in [1.29, 1.82) is 0 Å². The molecular weight excluding hydrogens is 636 g/mol. The Morgan fingerprint density at radius 1 is 0.837 bits per heavy atom. The molecule has 2 saturated heterocycles. The Morgan fingerprint density at radius 3 is 2.02 bits per heavy atom. The van der Waals surface area contributed by atoms with Crippen molar-refractivity contribution in [2.24, 2.45) is 17.6 Å². The zero-order valence-corrected chi connectivity index (χ0v) is 28.6. The van der Waals surface area contributed by atoms with Crippen LogP contribution in [0, 0.1) is 11.8 Å². The zero-order valence-electron chi connectivity index (χ0n) is 28.6. The van der Waals surface area contributed by atoms with Crippen molar-refractivity contribution < 1.29 is 43.8 Å². The predicted octanol–water partition coefficient (Wildman–Crippen LogP) is 0.254. The third-order valence-electron chi connectivity index (χ3n) is 9.31. The summed E-state index contributed by atoms with van der Waals surface area (Å²) in [7, 11) is 0. The molecule has 2 heterocycles. The molecule has 3 rings (SSSR count). The Labute approximate surface area is 286 Å². The van der Waals surface area contributed by atoms with E-state index in [-0.39, 0.29) is 25.4 Å². The smallest absolute Gasteiger partial charge is 0.326 e. The summed E-state index contributed by atoms with van der Waals surface area (Å²) in [4.78, 5) is 93.3. The maximum atomic E-state index is 14.0. The van der Waals surface area contributed by atoms with Crippen LogP contribution in [0.3, 0.4) is 0 Å². The van der Waals surface area contributed by atoms with E-state index in [2.05, 4.69) is 16.0 Å². The fourth-order valence-electron chi connectivity index (χ4n) is 6.28. The Hall–Kier alpha value is -4.53. The summed E-state index contributed by atoms with van der Waals surface area (Å²) in [5, 5.41) is 26.7. The quantitative estimate of drug-likeness (QED) is 0.139. The highest BCUT2D eigenvalue weighted by Crippen LogP contribution is 2.27. The van der Waals surface area contributed by atoms with E-state index in [9.17, 15) is 38.7 Å². The van der Waals surface area contributed by atoms with Gasteiger partial charge in [0.1, 0.15) is 30.2 Å². The van der Waals surface area contributed by atoms with E-state index in [1.54, 1.807) is 51.1 Å². The van der Waals surface area contributed by atoms with Crippen LogP contribution in [-0.4, -0.2) is 111 Å². The molecule has 0 aromatic heterocycles. The summed E-state index contributed by atoms with van der Waals surface area (Å²) < 4.78 is 0. The first-order valence-electron chi connectivity index (χ1n) is 16.9. The van der Waals surface area contributed by atoms with Gasteiger partial charge in [0.25, 0.3) is 0 Å². The van der Waals surface area contributed by atoms with Crippen molar-refractivity contribution in [2.45, 2.75) is 109 Å². The third-order valence-corrected chi connectivity index (χ3v) is 9.31. The molecule has 0 spiro atoms. The first kappa shape index (κ1) is 38.9. The van der Waals surface area contributed by atoms with Gasteiger partial charge in [0, 0.05) is 19.5 Å². The number of carbonyl (C=O) groups excluding carboxylic acids is 5. The van der Waals surface area contributed by atoms with E-state index < -0.39 is 90.1 Å². The molecule has 0 bridgehead atoms. The number of nitrogens with one attached hydrogen (secondary N) is 3. The van der Waals surface area contributed by atoms with Crippen LogP contribution < -0.4 is 21.7 Å². The van der Waals surface area contributed by atoms with Crippen LogP contribution in [0.25, 0.3) is 0 Å². The Balaban J connectivity index is 1.72. The van der Waals surface area contributed by atoms with Crippen LogP contribution in [0.4, 0.5) is 0 Å². The molecule has 49 heavy (non-hydrogen) atoms. The molecule has 2 aliphatic rings. The molecule has 0 aliphatic carbocycles. The topological polar surface area (TPSA) is 229 Å². The van der Waals surface area contributed by atoms with Gasteiger partial charge in [-0.15, -0.1) is 0 Å². The summed E-state index contributed by atoms with van der Waals surface area (Å²) in [5.41, 5.74) is 6.46. The lowest BCUT2D eigenvalue weighted by Crippen LogP contribution is -2.60. The molecule has 15 heteroatoms. The monoisotopic (exact) mass is 686 g/mol. The Bertz CT molecular complexity index is 1370. The summed E-state index contributed by atoms with van der Waals surface area (Å²) in [5.74, 6) is -6.11. The number of nitrogens with two attached hydrogens (primary N) is 1. The highest BCUT2D eigenvalue weighted by atomic mass is 16.4. The van der Waals surface area contributed by atoms with Crippen LogP contribution in [-0.2, 0) is 40.0 Å². The fourth-order valence-corrected chi connectivity index (χ4v) is 6.28. The minimum Gasteiger partial charge on any atom is -0.481 e. The van der Waals surface area contributed by atoms with Gasteiger partial charge in [0.15, 0.2) is 0 Å². The molecule has 0 unspecified atom stereocenters. The first-order valence-corrected chi connectivity index (χ1v) is 16.9. The number of carbonyl (C=O) groups is 7. The van der Waals surface area contributed by atoms with Crippen LogP contribution in [0.2, 0.25) is 0 Å². The van der Waals surface area contributed by atoms with Crippen molar-refractivity contribution in [3.63, 3.8) is 0 Å². The lowest BCUT2D eigenvalue weighted by Gasteiger charge is -2.35. The summed E-state index contributed by atoms with van der Waals surface area (Å²) in [6.45, 7) is 7.57. The molecule has 2 fully saturated rings. The Morgan fingerprint density at radius 2 is 1.45 bits per heavy atom. The fraction of sp³-hybridized carbons (Fsp3) is 0.618. The van der Waals surface area contributed by atoms with E-state index in [4.69, 9.17) is 10.8 Å². The standard InChI is InChI=1S/C34H50N6O9/c1-5-20(4)28(38-29(43)22(35)18-26(41)42)33(47)40-16-10-14-25(40)32(46)39-15-9-13-24(39)30(44)37-27(19(2)3)31(45)36-23(34(48)49)17-21-11-7-6-8-12-21/h6-8,11-12,19-20,22-25,27-28H,5,9-10,13-18,35H2,1-4H3,(H,36,45)(H,37,44)(H,38,43)(H,41,42)(H,48,49)/t20-,22-,23-,24-,25-,27-,28-/m0/s1. The van der Waals surface area contributed by atoms with Crippen molar-refractivity contribution in [2.75, 3.05) is 13.1 Å². The second-order valence-corrected chi connectivity index (χ2v) is 13.3. The van der Waals surface area contributed by atoms with Crippen molar-refractivity contribution in [3.8, 4) is 0 Å². The van der Waals surface area contributed by atoms with Gasteiger partial charge in [-0.05, 0) is 43.1 Å². The zero-order chi connectivity index (χ0) is 36.4. The number of rotatable bonds is 16. The van der Waals surface area contributed by atoms with Gasteiger partial charge in [0.2, 0.25) is 29.5 Å². The number of hydrogen-bond acceptors (Lipinski definition) is 8. The summed E-state index contributed by atoms with van der Waals surface area (Å²) in [6.07, 6.45) is 1.69. The van der Waals surface area contributed by atoms with Crippen LogP contribution in [0.1, 0.15) is 71.8 Å². The third kappa shape index (κ3) is 10.2. The number of likely N-dealkylation sites (tertiary alicyclic amines) is 2. The van der Waals surface area contributed by atoms with Crippen LogP contribution in [0.5, 0.6) is 0 Å². The van der Waals surface area contributed by atoms with E-state index >= 15 is 0 Å². The number of amides is 5. The molecule has 270 valence electrons. The second kappa shape index (κ2) is 17.7. The number of carboxylic acid groups (broad SMARTS) is 2. The van der Waals surface area contributed by atoms with E-state index in [0.717, 1.165) is 5.56 Å². The maximum Gasteiger partial charge on any atom is 0.326 e. The van der Waals surface area contributed by atoms with Crippen molar-refractivity contribution >= 4 is 41.5 Å². The minimum absolute atomic E-state index is 0.0545. The first-order chi connectivity index (χ1) is 23.2. The van der Waals surface area contributed by atoms with Crippen LogP contribution in [0.15, 0.2) is 30.3 Å². The predicted molar refractivity (Wildman–Crippen MR) is 178 cm³/mol. The highest BCUT2D eigenvalue weighted by molar-refractivity contribution is 5.97. The maximum absolute atomic E-state index is 14.0. The normalized spacial score (nSPS) is 20.5. The molecule has 7 atom stereocenters. The van der Waals surface area contributed by atoms with Gasteiger partial charge in [-0.1, -0.05) is 64.4 Å². The largest absolute Gasteiger partial charge is 0.481 e. The van der Waals surface area contributed by atoms with Gasteiger partial charge in [-0.3, -0.25) is 28.8 Å². The van der Waals surface area contributed by atoms with Gasteiger partial charge in [-0.2, -0.15) is 0 Å². The summed E-state index contributed by atoms with van der Waals surface area (Å²) >= 11 is 0. The molecule has 1 aromatic rings. The number of hydrogen-bond donors (Lipinski definition) is 6. The molecule has 15 nitrogen and oxygen atoms in total. The van der Waals surface area contributed by atoms with E-state index in [1.165, 1.54) is 9.80 Å². The molecule has 0 saturated carbocycles. The molecule has 5 amide bonds. The minimum atomic E-state index is -1.35. The lowest BCUT2D eigenvalue weighted by molar-refractivity contribution is -0.149. The highest BCUT2D eigenvalue weighted by Gasteiger charge is 2.45. The SMILES string of the molecule is CC[C@H](C)[C@H](NC(=O)[C@@H](N)CC(=O)O)C(=O)N1CCC[C@H]1C(=O)N1CCC[C@H]1C(=O)N[C@H](C(=O)N[C@@H](Cc1ccccc1)C(=O)O)C(C)C. The van der Waals surface area contributed by atoms with E-state index in [0.29, 0.717) is 32.1 Å². The number of nitrogens with zero attached hydrogens (tertiary/aromatic N) is 2. The lowest BCUT2D eigenvalue weighted by atomic mass is 9.96. The van der Waals surface area contributed by atoms with Gasteiger partial charge in [0.05, 0.1) is 12.5 Å². The Kier molecular flexibility index (Phi) is 14.1. The average molecular weight is 687 g/mol. The van der Waals surface area contributed by atoms with Crippen LogP contribution >= 0.6 is 0 Å². The van der Waals surface area contributed by atoms with Crippen molar-refractivity contribution in [3.05, 3.63) is 35.9 Å². The van der Waals surface area contributed by atoms with Crippen molar-refractivity contribution in [1.82, 2.24) is 25.8 Å². The molecule has 7 N–H and O–H groups in total. The molecule has 1 aromatic carbocycles. The number of carboxylic acids is 2. The second-order valence-electron chi connectivity index (χ2n) is 13.3. The molecule has 0 radical (unpaired) electrons. The molecular formula is C34H50N6O9. The van der Waals surface area contributed by atoms with Gasteiger partial charge in [-0.25, -0.2) is 4.79 Å². The molecule has 2 aliphatic heterocycles. The van der Waals surface area contributed by atoms with E-state index in [1.807, 2.05) is 6.92 Å². The van der Waals surface area contributed by atoms with Gasteiger partial charge < -0.3 is 41.7 Å². The number of aliphatic carboxylic acids is 2. The number of benzene rings is 1.